The Morgan fingerprint density at radius 1 is 1.47 bits per heavy atom. The van der Waals surface area contributed by atoms with Crippen LogP contribution in [0.1, 0.15) is 30.9 Å². The van der Waals surface area contributed by atoms with Crippen molar-refractivity contribution in [1.29, 1.82) is 0 Å². The molecule has 0 aromatic heterocycles. The summed E-state index contributed by atoms with van der Waals surface area (Å²) >= 11 is 6.15. The third-order valence-corrected chi connectivity index (χ3v) is 2.54. The molecule has 1 aromatic rings. The first-order valence-electron chi connectivity index (χ1n) is 4.83. The zero-order valence-electron chi connectivity index (χ0n) is 9.17. The van der Waals surface area contributed by atoms with E-state index in [1.807, 2.05) is 12.1 Å². The van der Waals surface area contributed by atoms with Crippen molar-refractivity contribution in [3.8, 4) is 5.75 Å². The molecule has 2 N–H and O–H groups in total. The van der Waals surface area contributed by atoms with Crippen molar-refractivity contribution in [1.82, 2.24) is 5.48 Å². The molecule has 0 spiro atoms. The minimum absolute atomic E-state index is 0.309. The van der Waals surface area contributed by atoms with Crippen molar-refractivity contribution >= 4 is 11.6 Å². The average molecular weight is 230 g/mol. The van der Waals surface area contributed by atoms with Gasteiger partial charge in [0.05, 0.1) is 7.11 Å². The van der Waals surface area contributed by atoms with Gasteiger partial charge in [-0.2, -0.15) is 0 Å². The average Bonchev–Trinajstić information content (AvgIpc) is 2.16. The van der Waals surface area contributed by atoms with E-state index in [2.05, 4.69) is 19.3 Å². The first-order chi connectivity index (χ1) is 7.10. The second kappa shape index (κ2) is 5.35. The van der Waals surface area contributed by atoms with Crippen LogP contribution in [0.3, 0.4) is 0 Å². The monoisotopic (exact) mass is 229 g/mol. The maximum Gasteiger partial charge on any atom is 0.124 e. The molecule has 1 rings (SSSR count). The maximum atomic E-state index is 8.62. The summed E-state index contributed by atoms with van der Waals surface area (Å²) in [5.41, 5.74) is 3.99. The van der Waals surface area contributed by atoms with Gasteiger partial charge in [-0.3, -0.25) is 0 Å². The van der Waals surface area contributed by atoms with Gasteiger partial charge >= 0.3 is 0 Å². The van der Waals surface area contributed by atoms with Gasteiger partial charge in [0, 0.05) is 17.1 Å². The lowest BCUT2D eigenvalue weighted by Crippen LogP contribution is -2.07. The van der Waals surface area contributed by atoms with Crippen molar-refractivity contribution < 1.29 is 9.94 Å². The van der Waals surface area contributed by atoms with Gasteiger partial charge < -0.3 is 9.94 Å². The predicted molar refractivity (Wildman–Crippen MR) is 60.7 cm³/mol. The van der Waals surface area contributed by atoms with Crippen LogP contribution in [-0.4, -0.2) is 12.3 Å². The number of nitrogens with one attached hydrogen (secondary N) is 1. The molecule has 0 heterocycles. The molecule has 15 heavy (non-hydrogen) atoms. The van der Waals surface area contributed by atoms with E-state index in [4.69, 9.17) is 21.5 Å². The zero-order chi connectivity index (χ0) is 11.4. The van der Waals surface area contributed by atoms with Crippen molar-refractivity contribution in [3.63, 3.8) is 0 Å². The van der Waals surface area contributed by atoms with Gasteiger partial charge in [0.2, 0.25) is 0 Å². The van der Waals surface area contributed by atoms with Gasteiger partial charge in [0.25, 0.3) is 0 Å². The summed E-state index contributed by atoms with van der Waals surface area (Å²) in [5, 5.41) is 9.29. The standard InChI is InChI=1S/C11H16ClNO2/c1-7(2)11-9(12)4-8(6-13-14)5-10(11)15-3/h4-5,7,13-14H,6H2,1-3H3. The Morgan fingerprint density at radius 2 is 2.13 bits per heavy atom. The molecule has 0 aliphatic heterocycles. The molecule has 0 bridgehead atoms. The fourth-order valence-corrected chi connectivity index (χ4v) is 2.02. The van der Waals surface area contributed by atoms with Gasteiger partial charge in [-0.25, -0.2) is 5.48 Å². The minimum atomic E-state index is 0.309. The van der Waals surface area contributed by atoms with E-state index in [-0.39, 0.29) is 0 Å². The van der Waals surface area contributed by atoms with Crippen molar-refractivity contribution in [2.75, 3.05) is 7.11 Å². The summed E-state index contributed by atoms with van der Waals surface area (Å²) in [6.45, 7) is 4.48. The summed E-state index contributed by atoms with van der Waals surface area (Å²) in [6, 6.07) is 3.72. The summed E-state index contributed by atoms with van der Waals surface area (Å²) in [7, 11) is 1.62. The second-order valence-corrected chi connectivity index (χ2v) is 4.09. The number of hydroxylamine groups is 1. The van der Waals surface area contributed by atoms with Gasteiger partial charge in [-0.15, -0.1) is 0 Å². The molecule has 0 amide bonds. The first-order valence-corrected chi connectivity index (χ1v) is 5.21. The maximum absolute atomic E-state index is 8.62. The number of hydrogen-bond donors (Lipinski definition) is 2. The van der Waals surface area contributed by atoms with Gasteiger partial charge in [-0.05, 0) is 23.6 Å². The fourth-order valence-electron chi connectivity index (χ4n) is 1.57. The molecule has 0 saturated carbocycles. The van der Waals surface area contributed by atoms with Gasteiger partial charge in [0.1, 0.15) is 5.75 Å². The van der Waals surface area contributed by atoms with Crippen LogP contribution in [0.2, 0.25) is 5.02 Å². The molecular weight excluding hydrogens is 214 g/mol. The van der Waals surface area contributed by atoms with E-state index in [0.717, 1.165) is 16.9 Å². The summed E-state index contributed by atoms with van der Waals surface area (Å²) in [6.07, 6.45) is 0. The van der Waals surface area contributed by atoms with E-state index in [1.54, 1.807) is 7.11 Å². The third-order valence-electron chi connectivity index (χ3n) is 2.23. The molecule has 0 atom stereocenters. The molecular formula is C11H16ClNO2. The minimum Gasteiger partial charge on any atom is -0.496 e. The number of rotatable bonds is 4. The molecule has 0 radical (unpaired) electrons. The number of methoxy groups -OCH3 is 1. The number of benzene rings is 1. The number of halogens is 1. The lowest BCUT2D eigenvalue weighted by molar-refractivity contribution is 0.161. The highest BCUT2D eigenvalue weighted by atomic mass is 35.5. The fraction of sp³-hybridized carbons (Fsp3) is 0.455. The van der Waals surface area contributed by atoms with E-state index < -0.39 is 0 Å². The quantitative estimate of drug-likeness (QED) is 0.780. The van der Waals surface area contributed by atoms with Crippen LogP contribution in [0.4, 0.5) is 0 Å². The molecule has 0 saturated heterocycles. The zero-order valence-corrected chi connectivity index (χ0v) is 9.93. The Hall–Kier alpha value is -0.770. The van der Waals surface area contributed by atoms with Crippen molar-refractivity contribution in [3.05, 3.63) is 28.3 Å². The highest BCUT2D eigenvalue weighted by molar-refractivity contribution is 6.31. The predicted octanol–water partition coefficient (Wildman–Crippen LogP) is 2.95. The lowest BCUT2D eigenvalue weighted by Gasteiger charge is -2.15. The Morgan fingerprint density at radius 3 is 2.60 bits per heavy atom. The van der Waals surface area contributed by atoms with Crippen LogP contribution >= 0.6 is 11.6 Å². The Bertz CT molecular complexity index is 340. The van der Waals surface area contributed by atoms with E-state index in [1.165, 1.54) is 0 Å². The second-order valence-electron chi connectivity index (χ2n) is 3.68. The Balaban J connectivity index is 3.18. The van der Waals surface area contributed by atoms with Crippen LogP contribution in [0, 0.1) is 0 Å². The molecule has 1 aromatic carbocycles. The normalized spacial score (nSPS) is 10.8. The third kappa shape index (κ3) is 2.84. The molecule has 3 nitrogen and oxygen atoms in total. The SMILES string of the molecule is COc1cc(CNO)cc(Cl)c1C(C)C. The van der Waals surface area contributed by atoms with Crippen LogP contribution < -0.4 is 10.2 Å². The van der Waals surface area contributed by atoms with E-state index in [9.17, 15) is 0 Å². The Labute approximate surface area is 95.0 Å². The first kappa shape index (κ1) is 12.3. The molecule has 84 valence electrons. The van der Waals surface area contributed by atoms with E-state index in [0.29, 0.717) is 17.5 Å². The van der Waals surface area contributed by atoms with Crippen molar-refractivity contribution in [2.24, 2.45) is 0 Å². The van der Waals surface area contributed by atoms with Crippen LogP contribution in [-0.2, 0) is 6.54 Å². The van der Waals surface area contributed by atoms with Gasteiger partial charge in [-0.1, -0.05) is 25.4 Å². The van der Waals surface area contributed by atoms with Crippen LogP contribution in [0.5, 0.6) is 5.75 Å². The van der Waals surface area contributed by atoms with E-state index >= 15 is 0 Å². The van der Waals surface area contributed by atoms with Gasteiger partial charge in [0.15, 0.2) is 0 Å². The highest BCUT2D eigenvalue weighted by Gasteiger charge is 2.13. The van der Waals surface area contributed by atoms with Crippen LogP contribution in [0.15, 0.2) is 12.1 Å². The van der Waals surface area contributed by atoms with Crippen molar-refractivity contribution in [2.45, 2.75) is 26.3 Å². The topological polar surface area (TPSA) is 41.5 Å². The largest absolute Gasteiger partial charge is 0.496 e. The van der Waals surface area contributed by atoms with Crippen LogP contribution in [0.25, 0.3) is 0 Å². The smallest absolute Gasteiger partial charge is 0.124 e. The lowest BCUT2D eigenvalue weighted by atomic mass is 10.00. The summed E-state index contributed by atoms with van der Waals surface area (Å²) in [4.78, 5) is 0. The Kier molecular flexibility index (Phi) is 4.39. The highest BCUT2D eigenvalue weighted by Crippen LogP contribution is 2.34. The molecule has 0 fully saturated rings. The summed E-state index contributed by atoms with van der Waals surface area (Å²) in [5.74, 6) is 1.08. The molecule has 0 aliphatic rings. The molecule has 0 unspecified atom stereocenters. The number of ether oxygens (including phenoxy) is 1. The summed E-state index contributed by atoms with van der Waals surface area (Å²) < 4.78 is 5.28. The number of hydrogen-bond acceptors (Lipinski definition) is 3. The molecule has 0 aliphatic carbocycles. The molecule has 4 heteroatoms.